The van der Waals surface area contributed by atoms with Crippen molar-refractivity contribution in [3.8, 4) is 0 Å². The lowest BCUT2D eigenvalue weighted by molar-refractivity contribution is -0.149. The smallest absolute Gasteiger partial charge is 0.416 e. The Kier molecular flexibility index (Phi) is 6.51. The number of hydrogen-bond acceptors (Lipinski definition) is 4. The van der Waals surface area contributed by atoms with Crippen molar-refractivity contribution in [3.05, 3.63) is 41.5 Å². The largest absolute Gasteiger partial charge is 0.449 e. The van der Waals surface area contributed by atoms with E-state index in [0.29, 0.717) is 0 Å². The van der Waals surface area contributed by atoms with E-state index in [1.165, 1.54) is 26.1 Å². The molecule has 1 aromatic carbocycles. The molecule has 1 atom stereocenters. The number of hydrogen-bond donors (Lipinski definition) is 2. The highest BCUT2D eigenvalue weighted by Gasteiger charge is 2.30. The second-order valence-electron chi connectivity index (χ2n) is 4.60. The van der Waals surface area contributed by atoms with Gasteiger partial charge >= 0.3 is 18.2 Å². The molecular formula is C15H15F3N2O4. The maximum atomic E-state index is 12.6. The number of carbonyl (C=O) groups is 3. The Morgan fingerprint density at radius 2 is 1.92 bits per heavy atom. The first kappa shape index (κ1) is 19.2. The molecule has 0 heterocycles. The van der Waals surface area contributed by atoms with Crippen LogP contribution >= 0.6 is 0 Å². The fourth-order valence-electron chi connectivity index (χ4n) is 1.53. The van der Waals surface area contributed by atoms with E-state index in [2.05, 4.69) is 5.32 Å². The van der Waals surface area contributed by atoms with E-state index in [1.807, 2.05) is 5.32 Å². The first-order valence-electron chi connectivity index (χ1n) is 6.72. The monoisotopic (exact) mass is 344 g/mol. The molecule has 0 aliphatic rings. The molecule has 0 aliphatic heterocycles. The van der Waals surface area contributed by atoms with Crippen LogP contribution in [0.25, 0.3) is 6.08 Å². The Hall–Kier alpha value is -2.84. The Balaban J connectivity index is 2.66. The molecule has 0 unspecified atom stereocenters. The molecule has 0 bridgehead atoms. The van der Waals surface area contributed by atoms with Crippen molar-refractivity contribution in [3.63, 3.8) is 0 Å². The Morgan fingerprint density at radius 1 is 1.25 bits per heavy atom. The summed E-state index contributed by atoms with van der Waals surface area (Å²) in [5.41, 5.74) is -0.708. The van der Waals surface area contributed by atoms with E-state index >= 15 is 0 Å². The number of benzene rings is 1. The SMILES string of the molecule is CNC(=O)NC(=O)[C@@H](C)OC(=O)/C=C/c1cccc(C(F)(F)F)c1. The van der Waals surface area contributed by atoms with Gasteiger partial charge in [-0.2, -0.15) is 13.2 Å². The van der Waals surface area contributed by atoms with Crippen LogP contribution in [0.3, 0.4) is 0 Å². The highest BCUT2D eigenvalue weighted by atomic mass is 19.4. The molecule has 1 aromatic rings. The van der Waals surface area contributed by atoms with Gasteiger partial charge < -0.3 is 10.1 Å². The molecule has 130 valence electrons. The fourth-order valence-corrected chi connectivity index (χ4v) is 1.53. The predicted molar refractivity (Wildman–Crippen MR) is 78.6 cm³/mol. The zero-order chi connectivity index (χ0) is 18.3. The first-order valence-corrected chi connectivity index (χ1v) is 6.72. The highest BCUT2D eigenvalue weighted by molar-refractivity contribution is 5.97. The summed E-state index contributed by atoms with van der Waals surface area (Å²) in [7, 11) is 1.30. The standard InChI is InChI=1S/C15H15F3N2O4/c1-9(13(22)20-14(23)19-2)24-12(21)7-6-10-4-3-5-11(8-10)15(16,17)18/h3-9H,1-2H3,(H2,19,20,22,23)/b7-6+/t9-/m1/s1. The molecule has 0 aliphatic carbocycles. The third-order valence-electron chi connectivity index (χ3n) is 2.75. The summed E-state index contributed by atoms with van der Waals surface area (Å²) in [6.07, 6.45) is -3.72. The van der Waals surface area contributed by atoms with Crippen molar-refractivity contribution in [2.75, 3.05) is 7.05 Å². The summed E-state index contributed by atoms with van der Waals surface area (Å²) in [6, 6.07) is 3.59. The number of rotatable bonds is 4. The molecule has 0 radical (unpaired) electrons. The molecule has 0 saturated heterocycles. The molecule has 24 heavy (non-hydrogen) atoms. The van der Waals surface area contributed by atoms with Crippen LogP contribution in [0, 0.1) is 0 Å². The number of urea groups is 1. The van der Waals surface area contributed by atoms with Gasteiger partial charge in [0.05, 0.1) is 5.56 Å². The summed E-state index contributed by atoms with van der Waals surface area (Å²) >= 11 is 0. The van der Waals surface area contributed by atoms with Crippen molar-refractivity contribution < 1.29 is 32.3 Å². The van der Waals surface area contributed by atoms with Gasteiger partial charge in [0.25, 0.3) is 5.91 Å². The van der Waals surface area contributed by atoms with E-state index in [9.17, 15) is 27.6 Å². The minimum Gasteiger partial charge on any atom is -0.449 e. The van der Waals surface area contributed by atoms with Gasteiger partial charge in [0.2, 0.25) is 0 Å². The van der Waals surface area contributed by atoms with E-state index in [0.717, 1.165) is 24.3 Å². The van der Waals surface area contributed by atoms with Crippen molar-refractivity contribution in [1.82, 2.24) is 10.6 Å². The average Bonchev–Trinajstić information content (AvgIpc) is 2.52. The van der Waals surface area contributed by atoms with Crippen LogP contribution < -0.4 is 10.6 Å². The predicted octanol–water partition coefficient (Wildman–Crippen LogP) is 2.11. The minimum absolute atomic E-state index is 0.143. The van der Waals surface area contributed by atoms with Crippen molar-refractivity contribution in [2.24, 2.45) is 0 Å². The van der Waals surface area contributed by atoms with E-state index in [-0.39, 0.29) is 5.56 Å². The number of alkyl halides is 3. The quantitative estimate of drug-likeness (QED) is 0.647. The summed E-state index contributed by atoms with van der Waals surface area (Å²) in [5.74, 6) is -1.78. The van der Waals surface area contributed by atoms with Crippen LogP contribution in [0.15, 0.2) is 30.3 Å². The molecule has 0 fully saturated rings. The zero-order valence-corrected chi connectivity index (χ0v) is 12.8. The summed E-state index contributed by atoms with van der Waals surface area (Å²) in [4.78, 5) is 34.0. The molecule has 3 amide bonds. The maximum absolute atomic E-state index is 12.6. The van der Waals surface area contributed by atoms with Gasteiger partial charge in [-0.05, 0) is 30.7 Å². The molecule has 0 aromatic heterocycles. The fraction of sp³-hybridized carbons (Fsp3) is 0.267. The zero-order valence-electron chi connectivity index (χ0n) is 12.8. The number of ether oxygens (including phenoxy) is 1. The van der Waals surface area contributed by atoms with Crippen molar-refractivity contribution in [1.29, 1.82) is 0 Å². The number of esters is 1. The molecule has 0 saturated carbocycles. The summed E-state index contributed by atoms with van der Waals surface area (Å²) in [5, 5.41) is 4.07. The van der Waals surface area contributed by atoms with Crippen LogP contribution in [-0.4, -0.2) is 31.1 Å². The summed E-state index contributed by atoms with van der Waals surface area (Å²) < 4.78 is 42.4. The second-order valence-corrected chi connectivity index (χ2v) is 4.60. The number of halogens is 3. The second kappa shape index (κ2) is 8.14. The number of imide groups is 1. The third kappa shape index (κ3) is 6.11. The van der Waals surface area contributed by atoms with E-state index in [4.69, 9.17) is 4.74 Å². The van der Waals surface area contributed by atoms with E-state index in [1.54, 1.807) is 0 Å². The summed E-state index contributed by atoms with van der Waals surface area (Å²) in [6.45, 7) is 1.24. The number of carbonyl (C=O) groups excluding carboxylic acids is 3. The molecule has 9 heteroatoms. The van der Waals surface area contributed by atoms with Crippen LogP contribution in [-0.2, 0) is 20.5 Å². The Bertz CT molecular complexity index is 656. The van der Waals surface area contributed by atoms with Gasteiger partial charge in [0, 0.05) is 13.1 Å². The maximum Gasteiger partial charge on any atom is 0.416 e. The highest BCUT2D eigenvalue weighted by Crippen LogP contribution is 2.29. The molecule has 2 N–H and O–H groups in total. The number of amides is 3. The van der Waals surface area contributed by atoms with Gasteiger partial charge in [-0.3, -0.25) is 10.1 Å². The molecule has 1 rings (SSSR count). The Labute approximate surface area is 135 Å². The molecule has 0 spiro atoms. The minimum atomic E-state index is -4.49. The van der Waals surface area contributed by atoms with Crippen LogP contribution in [0.1, 0.15) is 18.1 Å². The van der Waals surface area contributed by atoms with Gasteiger partial charge in [-0.25, -0.2) is 9.59 Å². The normalized spacial score (nSPS) is 12.5. The van der Waals surface area contributed by atoms with Crippen LogP contribution in [0.5, 0.6) is 0 Å². The lowest BCUT2D eigenvalue weighted by Gasteiger charge is -2.11. The van der Waals surface area contributed by atoms with Crippen molar-refractivity contribution in [2.45, 2.75) is 19.2 Å². The van der Waals surface area contributed by atoms with Crippen LogP contribution in [0.4, 0.5) is 18.0 Å². The molecule has 6 nitrogen and oxygen atoms in total. The lowest BCUT2D eigenvalue weighted by Crippen LogP contribution is -2.43. The van der Waals surface area contributed by atoms with E-state index < -0.39 is 35.8 Å². The topological polar surface area (TPSA) is 84.5 Å². The van der Waals surface area contributed by atoms with Crippen LogP contribution in [0.2, 0.25) is 0 Å². The van der Waals surface area contributed by atoms with Gasteiger partial charge in [-0.1, -0.05) is 12.1 Å². The average molecular weight is 344 g/mol. The Morgan fingerprint density at radius 3 is 2.50 bits per heavy atom. The lowest BCUT2D eigenvalue weighted by atomic mass is 10.1. The van der Waals surface area contributed by atoms with Gasteiger partial charge in [-0.15, -0.1) is 0 Å². The van der Waals surface area contributed by atoms with Gasteiger partial charge in [0.1, 0.15) is 0 Å². The van der Waals surface area contributed by atoms with Gasteiger partial charge in [0.15, 0.2) is 6.10 Å². The van der Waals surface area contributed by atoms with Crippen molar-refractivity contribution >= 4 is 24.0 Å². The third-order valence-corrected chi connectivity index (χ3v) is 2.75. The first-order chi connectivity index (χ1) is 11.1. The number of nitrogens with one attached hydrogen (secondary N) is 2. The molecular weight excluding hydrogens is 329 g/mol.